The fraction of sp³-hybridized carbons (Fsp3) is 0.344. The van der Waals surface area contributed by atoms with E-state index in [0.717, 1.165) is 11.1 Å². The first-order chi connectivity index (χ1) is 20.8. The lowest BCUT2D eigenvalue weighted by Crippen LogP contribution is -2.34. The van der Waals surface area contributed by atoms with Gasteiger partial charge in [-0.25, -0.2) is 9.37 Å². The van der Waals surface area contributed by atoms with Gasteiger partial charge in [0.1, 0.15) is 23.5 Å². The van der Waals surface area contributed by atoms with Crippen molar-refractivity contribution in [1.82, 2.24) is 14.9 Å². The Morgan fingerprint density at radius 1 is 1.11 bits per heavy atom. The van der Waals surface area contributed by atoms with Crippen molar-refractivity contribution in [2.75, 3.05) is 18.5 Å². The summed E-state index contributed by atoms with van der Waals surface area (Å²) in [5, 5.41) is 6.50. The van der Waals surface area contributed by atoms with E-state index < -0.39 is 17.1 Å². The maximum Gasteiger partial charge on any atom is 0.259 e. The highest BCUT2D eigenvalue weighted by molar-refractivity contribution is 6.36. The lowest BCUT2D eigenvalue weighted by molar-refractivity contribution is -0.128. The van der Waals surface area contributed by atoms with Gasteiger partial charge in [0.25, 0.3) is 5.91 Å². The Kier molecular flexibility index (Phi) is 9.41. The fourth-order valence-electron chi connectivity index (χ4n) is 4.80. The summed E-state index contributed by atoms with van der Waals surface area (Å²) >= 11 is 19.3. The Morgan fingerprint density at radius 2 is 1.89 bits per heavy atom. The summed E-state index contributed by atoms with van der Waals surface area (Å²) in [7, 11) is 1.86. The molecular formula is C32H32Cl3FN4O4. The van der Waals surface area contributed by atoms with Crippen LogP contribution in [-0.2, 0) is 29.5 Å². The second-order valence-corrected chi connectivity index (χ2v) is 12.9. The predicted molar refractivity (Wildman–Crippen MR) is 170 cm³/mol. The Hall–Kier alpha value is -3.37. The molecule has 0 saturated carbocycles. The third-order valence-corrected chi connectivity index (χ3v) is 8.51. The SMILES string of the molecule is Cn1c(Cc2c(Cl)ccc(CNC(=O)C(C)(C)C)c2Cl)nc2cc(C(=O)Nc3ccc(F)c(Cl)c3)c(OC3CCOC3)cc21. The van der Waals surface area contributed by atoms with Crippen LogP contribution in [0.5, 0.6) is 5.75 Å². The summed E-state index contributed by atoms with van der Waals surface area (Å²) in [6.07, 6.45) is 0.769. The molecule has 2 heterocycles. The van der Waals surface area contributed by atoms with Crippen molar-refractivity contribution in [2.45, 2.75) is 46.3 Å². The van der Waals surface area contributed by atoms with Crippen molar-refractivity contribution in [2.24, 2.45) is 12.5 Å². The van der Waals surface area contributed by atoms with Gasteiger partial charge < -0.3 is 24.7 Å². The number of hydrogen-bond donors (Lipinski definition) is 2. The minimum absolute atomic E-state index is 0.0926. The fourth-order valence-corrected chi connectivity index (χ4v) is 5.55. The Balaban J connectivity index is 1.48. The minimum atomic E-state index is -0.585. The summed E-state index contributed by atoms with van der Waals surface area (Å²) in [5.74, 6) is -0.131. The van der Waals surface area contributed by atoms with Gasteiger partial charge in [0, 0.05) is 48.6 Å². The lowest BCUT2D eigenvalue weighted by Gasteiger charge is -2.19. The van der Waals surface area contributed by atoms with Gasteiger partial charge >= 0.3 is 0 Å². The number of rotatable bonds is 8. The van der Waals surface area contributed by atoms with Gasteiger partial charge in [-0.2, -0.15) is 0 Å². The first-order valence-corrected chi connectivity index (χ1v) is 15.2. The van der Waals surface area contributed by atoms with Crippen LogP contribution in [0.1, 0.15) is 54.5 Å². The Morgan fingerprint density at radius 3 is 2.57 bits per heavy atom. The quantitative estimate of drug-likeness (QED) is 0.206. The first kappa shape index (κ1) is 32.0. The summed E-state index contributed by atoms with van der Waals surface area (Å²) in [5.41, 5.74) is 2.74. The van der Waals surface area contributed by atoms with E-state index in [1.54, 1.807) is 24.3 Å². The van der Waals surface area contributed by atoms with Gasteiger partial charge in [-0.3, -0.25) is 9.59 Å². The van der Waals surface area contributed by atoms with E-state index in [9.17, 15) is 14.0 Å². The Labute approximate surface area is 269 Å². The number of amides is 2. The first-order valence-electron chi connectivity index (χ1n) is 14.1. The molecule has 1 aliphatic rings. The van der Waals surface area contributed by atoms with Crippen molar-refractivity contribution in [3.8, 4) is 5.75 Å². The molecule has 0 spiro atoms. The highest BCUT2D eigenvalue weighted by Gasteiger charge is 2.25. The zero-order valence-electron chi connectivity index (χ0n) is 24.7. The average Bonchev–Trinajstić information content (AvgIpc) is 3.59. The molecule has 0 radical (unpaired) electrons. The molecule has 44 heavy (non-hydrogen) atoms. The number of carbonyl (C=O) groups excluding carboxylic acids is 2. The number of aryl methyl sites for hydroxylation is 1. The standard InChI is InChI=1S/C32H32Cl3FN4O4/c1-32(2,3)31(42)37-15-17-5-7-22(33)20(29(17)35)13-28-39-25-12-21(30(41)38-18-6-8-24(36)23(34)11-18)27(14-26(25)40(28)4)44-19-9-10-43-16-19/h5-8,11-12,14,19H,9-10,13,15-16H2,1-4H3,(H,37,42)(H,38,41). The van der Waals surface area contributed by atoms with Gasteiger partial charge in [-0.05, 0) is 41.5 Å². The molecule has 232 valence electrons. The number of ether oxygens (including phenoxy) is 2. The van der Waals surface area contributed by atoms with Gasteiger partial charge in [0.05, 0.1) is 39.9 Å². The number of nitrogens with zero attached hydrogens (tertiary/aromatic N) is 2. The molecule has 0 aliphatic carbocycles. The monoisotopic (exact) mass is 660 g/mol. The molecule has 8 nitrogen and oxygen atoms in total. The van der Waals surface area contributed by atoms with E-state index >= 15 is 0 Å². The molecule has 1 fully saturated rings. The summed E-state index contributed by atoms with van der Waals surface area (Å²) in [6, 6.07) is 10.9. The van der Waals surface area contributed by atoms with Crippen LogP contribution in [0.2, 0.25) is 15.1 Å². The van der Waals surface area contributed by atoms with Gasteiger partial charge in [0.2, 0.25) is 5.91 Å². The molecule has 0 bridgehead atoms. The van der Waals surface area contributed by atoms with Gasteiger partial charge in [-0.15, -0.1) is 0 Å². The highest BCUT2D eigenvalue weighted by atomic mass is 35.5. The zero-order chi connectivity index (χ0) is 31.8. The maximum atomic E-state index is 13.7. The molecule has 1 saturated heterocycles. The second kappa shape index (κ2) is 12.9. The molecule has 1 atom stereocenters. The molecule has 5 rings (SSSR count). The van der Waals surface area contributed by atoms with Crippen molar-refractivity contribution in [3.63, 3.8) is 0 Å². The third kappa shape index (κ3) is 6.96. The van der Waals surface area contributed by atoms with E-state index in [1.807, 2.05) is 32.4 Å². The maximum absolute atomic E-state index is 13.7. The van der Waals surface area contributed by atoms with Gasteiger partial charge in [-0.1, -0.05) is 61.6 Å². The molecule has 4 aromatic rings. The minimum Gasteiger partial charge on any atom is -0.487 e. The van der Waals surface area contributed by atoms with Crippen LogP contribution in [-0.4, -0.2) is 40.7 Å². The topological polar surface area (TPSA) is 94.5 Å². The van der Waals surface area contributed by atoms with Crippen LogP contribution in [0.3, 0.4) is 0 Å². The number of benzene rings is 3. The van der Waals surface area contributed by atoms with E-state index in [0.29, 0.717) is 64.4 Å². The van der Waals surface area contributed by atoms with E-state index in [1.165, 1.54) is 18.2 Å². The van der Waals surface area contributed by atoms with Crippen LogP contribution in [0.15, 0.2) is 42.5 Å². The molecule has 12 heteroatoms. The average molecular weight is 662 g/mol. The zero-order valence-corrected chi connectivity index (χ0v) is 27.0. The molecule has 2 N–H and O–H groups in total. The number of aromatic nitrogens is 2. The smallest absolute Gasteiger partial charge is 0.259 e. The van der Waals surface area contributed by atoms with Crippen LogP contribution in [0.25, 0.3) is 11.0 Å². The van der Waals surface area contributed by atoms with Crippen molar-refractivity contribution in [1.29, 1.82) is 0 Å². The summed E-state index contributed by atoms with van der Waals surface area (Å²) in [6.45, 7) is 6.76. The number of hydrogen-bond acceptors (Lipinski definition) is 5. The van der Waals surface area contributed by atoms with Crippen LogP contribution in [0.4, 0.5) is 10.1 Å². The van der Waals surface area contributed by atoms with Crippen molar-refractivity contribution < 1.29 is 23.5 Å². The summed E-state index contributed by atoms with van der Waals surface area (Å²) in [4.78, 5) is 30.7. The second-order valence-electron chi connectivity index (χ2n) is 11.7. The van der Waals surface area contributed by atoms with Crippen LogP contribution < -0.4 is 15.4 Å². The third-order valence-electron chi connectivity index (χ3n) is 7.40. The number of imidazole rings is 1. The van der Waals surface area contributed by atoms with Crippen molar-refractivity contribution >= 4 is 63.3 Å². The number of carbonyl (C=O) groups is 2. The van der Waals surface area contributed by atoms with Crippen LogP contribution in [0, 0.1) is 11.2 Å². The predicted octanol–water partition coefficient (Wildman–Crippen LogP) is 7.35. The van der Waals surface area contributed by atoms with E-state index in [2.05, 4.69) is 10.6 Å². The molecule has 2 amide bonds. The molecule has 1 unspecified atom stereocenters. The molecule has 1 aromatic heterocycles. The largest absolute Gasteiger partial charge is 0.487 e. The number of anilines is 1. The molecule has 3 aromatic carbocycles. The number of halogens is 4. The molecule has 1 aliphatic heterocycles. The highest BCUT2D eigenvalue weighted by Crippen LogP contribution is 2.34. The number of fused-ring (bicyclic) bond motifs is 1. The lowest BCUT2D eigenvalue weighted by atomic mass is 9.95. The molecular weight excluding hydrogens is 630 g/mol. The van der Waals surface area contributed by atoms with Crippen LogP contribution >= 0.6 is 34.8 Å². The summed E-state index contributed by atoms with van der Waals surface area (Å²) < 4.78 is 27.3. The van der Waals surface area contributed by atoms with E-state index in [4.69, 9.17) is 49.3 Å². The Bertz CT molecular complexity index is 1750. The normalized spacial score (nSPS) is 15.0. The van der Waals surface area contributed by atoms with E-state index in [-0.39, 0.29) is 29.1 Å². The van der Waals surface area contributed by atoms with Crippen molar-refractivity contribution in [3.05, 3.63) is 85.9 Å². The van der Waals surface area contributed by atoms with Gasteiger partial charge in [0.15, 0.2) is 0 Å². The number of nitrogens with one attached hydrogen (secondary N) is 2.